The number of carbonyl (C=O) groups is 1. The molecule has 2 rings (SSSR count). The Hall–Kier alpha value is -1.58. The standard InChI is InChI=1S/C9H11N3O/c1-2-9(13)12-6-5-11-4-3-10-8(11)7-12/h3,5-7H,2,4H2,1H3. The quantitative estimate of drug-likeness (QED) is 0.596. The van der Waals surface area contributed by atoms with E-state index in [2.05, 4.69) is 4.99 Å². The fraction of sp³-hybridized carbons (Fsp3) is 0.333. The molecule has 4 heteroatoms. The van der Waals surface area contributed by atoms with E-state index >= 15 is 0 Å². The lowest BCUT2D eigenvalue weighted by molar-refractivity contribution is -0.126. The Balaban J connectivity index is 2.18. The maximum absolute atomic E-state index is 11.3. The Kier molecular flexibility index (Phi) is 1.88. The number of hydrogen-bond acceptors (Lipinski definition) is 3. The molecule has 2 aliphatic heterocycles. The molecule has 0 spiro atoms. The van der Waals surface area contributed by atoms with Crippen LogP contribution in [0.1, 0.15) is 13.3 Å². The fourth-order valence-corrected chi connectivity index (χ4v) is 1.29. The average molecular weight is 177 g/mol. The molecular formula is C9H11N3O. The normalized spacial score (nSPS) is 19.0. The minimum absolute atomic E-state index is 0.0884. The van der Waals surface area contributed by atoms with Crippen LogP contribution in [0.5, 0.6) is 0 Å². The molecule has 0 radical (unpaired) electrons. The Morgan fingerprint density at radius 2 is 2.46 bits per heavy atom. The highest BCUT2D eigenvalue weighted by Crippen LogP contribution is 2.17. The predicted molar refractivity (Wildman–Crippen MR) is 49.6 cm³/mol. The number of hydrogen-bond donors (Lipinski definition) is 0. The van der Waals surface area contributed by atoms with Gasteiger partial charge >= 0.3 is 0 Å². The van der Waals surface area contributed by atoms with Crippen molar-refractivity contribution < 1.29 is 4.79 Å². The Bertz CT molecular complexity index is 317. The van der Waals surface area contributed by atoms with Crippen LogP contribution in [0.15, 0.2) is 29.4 Å². The highest BCUT2D eigenvalue weighted by Gasteiger charge is 2.17. The molecule has 1 amide bonds. The smallest absolute Gasteiger partial charge is 0.230 e. The van der Waals surface area contributed by atoms with Crippen molar-refractivity contribution in [3.05, 3.63) is 24.4 Å². The van der Waals surface area contributed by atoms with Crippen LogP contribution in [0.25, 0.3) is 0 Å². The summed E-state index contributed by atoms with van der Waals surface area (Å²) in [5.41, 5.74) is 0. The fourth-order valence-electron chi connectivity index (χ4n) is 1.29. The lowest BCUT2D eigenvalue weighted by Crippen LogP contribution is -2.26. The average Bonchev–Trinajstić information content (AvgIpc) is 2.63. The van der Waals surface area contributed by atoms with Gasteiger partial charge in [0.25, 0.3) is 0 Å². The first-order chi connectivity index (χ1) is 6.31. The zero-order chi connectivity index (χ0) is 9.26. The van der Waals surface area contributed by atoms with E-state index in [9.17, 15) is 4.79 Å². The number of aliphatic imine (C=N–C) groups is 1. The van der Waals surface area contributed by atoms with Gasteiger partial charge in [-0.3, -0.25) is 9.69 Å². The van der Waals surface area contributed by atoms with Crippen molar-refractivity contribution in [1.29, 1.82) is 0 Å². The lowest BCUT2D eigenvalue weighted by Gasteiger charge is -2.22. The first-order valence-corrected chi connectivity index (χ1v) is 4.31. The third kappa shape index (κ3) is 1.35. The SMILES string of the molecule is CCC(=O)N1C=CN2CC=NC2=C1. The summed E-state index contributed by atoms with van der Waals surface area (Å²) in [6.45, 7) is 2.65. The molecule has 0 bridgehead atoms. The van der Waals surface area contributed by atoms with Gasteiger partial charge in [-0.1, -0.05) is 6.92 Å². The number of rotatable bonds is 1. The van der Waals surface area contributed by atoms with Crippen molar-refractivity contribution in [3.63, 3.8) is 0 Å². The molecule has 0 aromatic heterocycles. The highest BCUT2D eigenvalue weighted by atomic mass is 16.2. The molecule has 0 N–H and O–H groups in total. The van der Waals surface area contributed by atoms with Crippen molar-refractivity contribution in [1.82, 2.24) is 9.80 Å². The van der Waals surface area contributed by atoms with E-state index in [1.807, 2.05) is 24.2 Å². The van der Waals surface area contributed by atoms with Crippen LogP contribution in [-0.4, -0.2) is 28.5 Å². The van der Waals surface area contributed by atoms with Gasteiger partial charge in [0.2, 0.25) is 5.91 Å². The van der Waals surface area contributed by atoms with Gasteiger partial charge in [-0.2, -0.15) is 0 Å². The molecular weight excluding hydrogens is 166 g/mol. The van der Waals surface area contributed by atoms with Gasteiger partial charge in [0.05, 0.1) is 12.7 Å². The van der Waals surface area contributed by atoms with Gasteiger partial charge in [-0.05, 0) is 0 Å². The van der Waals surface area contributed by atoms with E-state index in [1.54, 1.807) is 17.3 Å². The lowest BCUT2D eigenvalue weighted by atomic mass is 10.4. The van der Waals surface area contributed by atoms with Gasteiger partial charge < -0.3 is 4.90 Å². The summed E-state index contributed by atoms with van der Waals surface area (Å²) in [6.07, 6.45) is 7.74. The van der Waals surface area contributed by atoms with Gasteiger partial charge in [-0.25, -0.2) is 4.99 Å². The molecule has 0 unspecified atom stereocenters. The summed E-state index contributed by atoms with van der Waals surface area (Å²) < 4.78 is 0. The molecule has 0 aliphatic carbocycles. The molecule has 0 aromatic carbocycles. The first-order valence-electron chi connectivity index (χ1n) is 4.31. The highest BCUT2D eigenvalue weighted by molar-refractivity contribution is 5.78. The zero-order valence-corrected chi connectivity index (χ0v) is 7.47. The molecule has 0 aromatic rings. The Labute approximate surface area is 76.8 Å². The van der Waals surface area contributed by atoms with E-state index < -0.39 is 0 Å². The van der Waals surface area contributed by atoms with E-state index in [4.69, 9.17) is 0 Å². The third-order valence-electron chi connectivity index (χ3n) is 2.05. The second-order valence-corrected chi connectivity index (χ2v) is 2.90. The number of amides is 1. The van der Waals surface area contributed by atoms with Crippen molar-refractivity contribution in [2.75, 3.05) is 6.54 Å². The van der Waals surface area contributed by atoms with Crippen molar-refractivity contribution in [2.45, 2.75) is 13.3 Å². The summed E-state index contributed by atoms with van der Waals surface area (Å²) in [5.74, 6) is 0.926. The molecule has 0 atom stereocenters. The number of carbonyl (C=O) groups excluding carboxylic acids is 1. The molecule has 4 nitrogen and oxygen atoms in total. The van der Waals surface area contributed by atoms with Crippen LogP contribution in [0.3, 0.4) is 0 Å². The van der Waals surface area contributed by atoms with Crippen LogP contribution in [-0.2, 0) is 4.79 Å². The topological polar surface area (TPSA) is 35.9 Å². The van der Waals surface area contributed by atoms with Crippen LogP contribution >= 0.6 is 0 Å². The Morgan fingerprint density at radius 1 is 1.62 bits per heavy atom. The van der Waals surface area contributed by atoms with E-state index in [1.165, 1.54) is 0 Å². The summed E-state index contributed by atoms with van der Waals surface area (Å²) >= 11 is 0. The van der Waals surface area contributed by atoms with Crippen LogP contribution in [0.4, 0.5) is 0 Å². The molecule has 0 saturated carbocycles. The summed E-state index contributed by atoms with van der Waals surface area (Å²) in [6, 6.07) is 0. The van der Waals surface area contributed by atoms with Crippen LogP contribution in [0, 0.1) is 0 Å². The maximum atomic E-state index is 11.3. The van der Waals surface area contributed by atoms with Crippen molar-refractivity contribution >= 4 is 12.1 Å². The number of fused-ring (bicyclic) bond motifs is 1. The third-order valence-corrected chi connectivity index (χ3v) is 2.05. The second-order valence-electron chi connectivity index (χ2n) is 2.90. The molecule has 0 fully saturated rings. The zero-order valence-electron chi connectivity index (χ0n) is 7.47. The molecule has 13 heavy (non-hydrogen) atoms. The van der Waals surface area contributed by atoms with Crippen LogP contribution in [0.2, 0.25) is 0 Å². The summed E-state index contributed by atoms with van der Waals surface area (Å²) in [5, 5.41) is 0. The molecule has 2 heterocycles. The molecule has 2 aliphatic rings. The molecule has 0 saturated heterocycles. The minimum atomic E-state index is 0.0884. The largest absolute Gasteiger partial charge is 0.325 e. The summed E-state index contributed by atoms with van der Waals surface area (Å²) in [4.78, 5) is 19.0. The van der Waals surface area contributed by atoms with Gasteiger partial charge in [0.15, 0.2) is 0 Å². The second kappa shape index (κ2) is 3.05. The molecule has 68 valence electrons. The van der Waals surface area contributed by atoms with Crippen LogP contribution < -0.4 is 0 Å². The van der Waals surface area contributed by atoms with Gasteiger partial charge in [-0.15, -0.1) is 0 Å². The van der Waals surface area contributed by atoms with E-state index in [0.29, 0.717) is 6.42 Å². The van der Waals surface area contributed by atoms with Crippen molar-refractivity contribution in [3.8, 4) is 0 Å². The monoisotopic (exact) mass is 177 g/mol. The first kappa shape index (κ1) is 8.04. The predicted octanol–water partition coefficient (Wildman–Crippen LogP) is 0.895. The van der Waals surface area contributed by atoms with Gasteiger partial charge in [0.1, 0.15) is 5.82 Å². The van der Waals surface area contributed by atoms with Gasteiger partial charge in [0, 0.05) is 25.0 Å². The Morgan fingerprint density at radius 3 is 3.23 bits per heavy atom. The maximum Gasteiger partial charge on any atom is 0.230 e. The summed E-state index contributed by atoms with van der Waals surface area (Å²) in [7, 11) is 0. The minimum Gasteiger partial charge on any atom is -0.325 e. The van der Waals surface area contributed by atoms with E-state index in [-0.39, 0.29) is 5.91 Å². The van der Waals surface area contributed by atoms with Crippen molar-refractivity contribution in [2.24, 2.45) is 4.99 Å². The van der Waals surface area contributed by atoms with E-state index in [0.717, 1.165) is 12.4 Å². The number of nitrogens with zero attached hydrogens (tertiary/aromatic N) is 3.